The molecule has 0 saturated carbocycles. The topological polar surface area (TPSA) is 80.6 Å². The summed E-state index contributed by atoms with van der Waals surface area (Å²) in [5.74, 6) is -0.834. The summed E-state index contributed by atoms with van der Waals surface area (Å²) >= 11 is 5.92. The van der Waals surface area contributed by atoms with Gasteiger partial charge in [-0.2, -0.15) is 0 Å². The SMILES string of the molecule is COc1ccc(Cl)cc1NC(=O)Cn1cccc1/C=C/C(=O)O. The highest BCUT2D eigenvalue weighted by molar-refractivity contribution is 6.31. The van der Waals surface area contributed by atoms with Gasteiger partial charge in [-0.25, -0.2) is 4.79 Å². The second kappa shape index (κ2) is 7.51. The van der Waals surface area contributed by atoms with Gasteiger partial charge in [0.25, 0.3) is 0 Å². The molecule has 23 heavy (non-hydrogen) atoms. The molecule has 2 rings (SSSR count). The Balaban J connectivity index is 2.10. The van der Waals surface area contributed by atoms with Crippen molar-refractivity contribution in [3.05, 3.63) is 53.3 Å². The number of ether oxygens (including phenoxy) is 1. The Kier molecular flexibility index (Phi) is 5.43. The average Bonchev–Trinajstić information content (AvgIpc) is 2.92. The lowest BCUT2D eigenvalue weighted by molar-refractivity contribution is -0.131. The van der Waals surface area contributed by atoms with E-state index < -0.39 is 5.97 Å². The number of nitrogens with one attached hydrogen (secondary N) is 1. The molecule has 0 bridgehead atoms. The quantitative estimate of drug-likeness (QED) is 0.796. The predicted molar refractivity (Wildman–Crippen MR) is 87.7 cm³/mol. The largest absolute Gasteiger partial charge is 0.495 e. The summed E-state index contributed by atoms with van der Waals surface area (Å²) < 4.78 is 6.80. The maximum Gasteiger partial charge on any atom is 0.328 e. The van der Waals surface area contributed by atoms with E-state index >= 15 is 0 Å². The number of hydrogen-bond acceptors (Lipinski definition) is 3. The number of carboxylic acids is 1. The summed E-state index contributed by atoms with van der Waals surface area (Å²) in [4.78, 5) is 22.7. The van der Waals surface area contributed by atoms with Crippen molar-refractivity contribution in [3.8, 4) is 5.75 Å². The molecule has 0 aliphatic rings. The number of anilines is 1. The van der Waals surface area contributed by atoms with E-state index in [0.717, 1.165) is 6.08 Å². The van der Waals surface area contributed by atoms with Gasteiger partial charge in [0.1, 0.15) is 12.3 Å². The number of methoxy groups -OCH3 is 1. The predicted octanol–water partition coefficient (Wildman–Crippen LogP) is 2.89. The van der Waals surface area contributed by atoms with E-state index in [4.69, 9.17) is 21.4 Å². The molecule has 0 aliphatic heterocycles. The second-order valence-electron chi connectivity index (χ2n) is 4.63. The van der Waals surface area contributed by atoms with Crippen LogP contribution in [0.4, 0.5) is 5.69 Å². The third-order valence-corrected chi connectivity index (χ3v) is 3.25. The molecule has 1 aromatic carbocycles. The summed E-state index contributed by atoms with van der Waals surface area (Å²) in [6.45, 7) is 0.0297. The summed E-state index contributed by atoms with van der Waals surface area (Å²) in [6, 6.07) is 8.37. The van der Waals surface area contributed by atoms with Crippen LogP contribution in [-0.2, 0) is 16.1 Å². The molecule has 6 nitrogen and oxygen atoms in total. The van der Waals surface area contributed by atoms with Gasteiger partial charge in [-0.15, -0.1) is 0 Å². The monoisotopic (exact) mass is 334 g/mol. The standard InChI is InChI=1S/C16H15ClN2O4/c1-23-14-6-4-11(17)9-13(14)18-15(20)10-19-8-2-3-12(19)5-7-16(21)22/h2-9H,10H2,1H3,(H,18,20)(H,21,22)/b7-5+. The van der Waals surface area contributed by atoms with Crippen LogP contribution in [0.15, 0.2) is 42.6 Å². The minimum atomic E-state index is -1.05. The van der Waals surface area contributed by atoms with Gasteiger partial charge in [-0.3, -0.25) is 4.79 Å². The Morgan fingerprint density at radius 1 is 1.39 bits per heavy atom. The highest BCUT2D eigenvalue weighted by Gasteiger charge is 2.10. The first-order valence-corrected chi connectivity index (χ1v) is 7.07. The number of benzene rings is 1. The fourth-order valence-electron chi connectivity index (χ4n) is 2.00. The van der Waals surface area contributed by atoms with Crippen molar-refractivity contribution in [2.24, 2.45) is 0 Å². The molecule has 7 heteroatoms. The first-order valence-electron chi connectivity index (χ1n) is 6.69. The molecule has 0 atom stereocenters. The van der Waals surface area contributed by atoms with Crippen molar-refractivity contribution in [3.63, 3.8) is 0 Å². The Morgan fingerprint density at radius 3 is 2.87 bits per heavy atom. The van der Waals surface area contributed by atoms with Crippen molar-refractivity contribution >= 4 is 35.2 Å². The van der Waals surface area contributed by atoms with Crippen molar-refractivity contribution in [1.82, 2.24) is 4.57 Å². The molecule has 0 unspecified atom stereocenters. The molecule has 0 fully saturated rings. The van der Waals surface area contributed by atoms with E-state index in [1.165, 1.54) is 13.2 Å². The van der Waals surface area contributed by atoms with E-state index in [1.807, 2.05) is 0 Å². The number of aliphatic carboxylic acids is 1. The van der Waals surface area contributed by atoms with E-state index in [-0.39, 0.29) is 12.5 Å². The first-order chi connectivity index (χ1) is 11.0. The summed E-state index contributed by atoms with van der Waals surface area (Å²) in [6.07, 6.45) is 4.13. The van der Waals surface area contributed by atoms with Crippen molar-refractivity contribution in [1.29, 1.82) is 0 Å². The fraction of sp³-hybridized carbons (Fsp3) is 0.125. The van der Waals surface area contributed by atoms with E-state index in [2.05, 4.69) is 5.32 Å². The van der Waals surface area contributed by atoms with Crippen molar-refractivity contribution < 1.29 is 19.4 Å². The Labute approximate surface area is 137 Å². The molecule has 1 heterocycles. The fourth-order valence-corrected chi connectivity index (χ4v) is 2.17. The number of nitrogens with zero attached hydrogens (tertiary/aromatic N) is 1. The number of aromatic nitrogens is 1. The molecule has 1 amide bonds. The van der Waals surface area contributed by atoms with Gasteiger partial charge in [-0.1, -0.05) is 11.6 Å². The Morgan fingerprint density at radius 2 is 2.17 bits per heavy atom. The molecule has 0 radical (unpaired) electrons. The van der Waals surface area contributed by atoms with Crippen LogP contribution in [0.2, 0.25) is 5.02 Å². The minimum Gasteiger partial charge on any atom is -0.495 e. The lowest BCUT2D eigenvalue weighted by Crippen LogP contribution is -2.19. The van der Waals surface area contributed by atoms with E-state index in [1.54, 1.807) is 41.1 Å². The molecule has 2 N–H and O–H groups in total. The molecule has 0 spiro atoms. The zero-order valence-corrected chi connectivity index (χ0v) is 13.1. The number of hydrogen-bond donors (Lipinski definition) is 2. The van der Waals surface area contributed by atoms with Crippen LogP contribution >= 0.6 is 11.6 Å². The normalized spacial score (nSPS) is 10.7. The number of carbonyl (C=O) groups is 2. The van der Waals surface area contributed by atoms with Gasteiger partial charge >= 0.3 is 5.97 Å². The molecule has 120 valence electrons. The second-order valence-corrected chi connectivity index (χ2v) is 5.06. The Bertz CT molecular complexity index is 752. The maximum atomic E-state index is 12.2. The summed E-state index contributed by atoms with van der Waals surface area (Å²) in [7, 11) is 1.50. The highest BCUT2D eigenvalue weighted by atomic mass is 35.5. The smallest absolute Gasteiger partial charge is 0.328 e. The number of carboxylic acid groups (broad SMARTS) is 1. The van der Waals surface area contributed by atoms with Crippen LogP contribution in [0.3, 0.4) is 0 Å². The van der Waals surface area contributed by atoms with Crippen molar-refractivity contribution in [2.75, 3.05) is 12.4 Å². The van der Waals surface area contributed by atoms with E-state index in [9.17, 15) is 9.59 Å². The zero-order valence-electron chi connectivity index (χ0n) is 12.3. The minimum absolute atomic E-state index is 0.0297. The number of carbonyl (C=O) groups excluding carboxylic acids is 1. The van der Waals surface area contributed by atoms with Gasteiger partial charge in [0.2, 0.25) is 5.91 Å². The molecule has 1 aromatic heterocycles. The molecule has 2 aromatic rings. The lowest BCUT2D eigenvalue weighted by Gasteiger charge is -2.11. The van der Waals surface area contributed by atoms with Gasteiger partial charge in [0.15, 0.2) is 0 Å². The van der Waals surface area contributed by atoms with Gasteiger partial charge in [0.05, 0.1) is 12.8 Å². The summed E-state index contributed by atoms with van der Waals surface area (Å²) in [5, 5.41) is 11.9. The average molecular weight is 335 g/mol. The summed E-state index contributed by atoms with van der Waals surface area (Å²) in [5.41, 5.74) is 1.08. The van der Waals surface area contributed by atoms with Crippen molar-refractivity contribution in [2.45, 2.75) is 6.54 Å². The number of halogens is 1. The van der Waals surface area contributed by atoms with Gasteiger partial charge in [-0.05, 0) is 36.4 Å². The molecular weight excluding hydrogens is 320 g/mol. The van der Waals surface area contributed by atoms with Crippen LogP contribution in [-0.4, -0.2) is 28.7 Å². The van der Waals surface area contributed by atoms with Gasteiger partial charge < -0.3 is 19.7 Å². The van der Waals surface area contributed by atoms with E-state index in [0.29, 0.717) is 22.2 Å². The number of amides is 1. The molecular formula is C16H15ClN2O4. The Hall–Kier alpha value is -2.73. The lowest BCUT2D eigenvalue weighted by atomic mass is 10.3. The van der Waals surface area contributed by atoms with Crippen LogP contribution in [0.25, 0.3) is 6.08 Å². The van der Waals surface area contributed by atoms with Crippen LogP contribution in [0.1, 0.15) is 5.69 Å². The number of rotatable bonds is 6. The maximum absolute atomic E-state index is 12.2. The van der Waals surface area contributed by atoms with Gasteiger partial charge in [0, 0.05) is 23.0 Å². The zero-order chi connectivity index (χ0) is 16.8. The molecule has 0 saturated heterocycles. The first kappa shape index (κ1) is 16.6. The molecule has 0 aliphatic carbocycles. The van der Waals surface area contributed by atoms with Crippen LogP contribution in [0, 0.1) is 0 Å². The third kappa shape index (κ3) is 4.62. The third-order valence-electron chi connectivity index (χ3n) is 3.01. The van der Waals surface area contributed by atoms with Crippen LogP contribution in [0.5, 0.6) is 5.75 Å². The highest BCUT2D eigenvalue weighted by Crippen LogP contribution is 2.27. The van der Waals surface area contributed by atoms with Crippen LogP contribution < -0.4 is 10.1 Å².